The van der Waals surface area contributed by atoms with Crippen LogP contribution in [-0.4, -0.2) is 36.6 Å². The molecule has 5 heteroatoms. The van der Waals surface area contributed by atoms with E-state index >= 15 is 0 Å². The van der Waals surface area contributed by atoms with Gasteiger partial charge in [0.15, 0.2) is 0 Å². The molecule has 1 atom stereocenters. The van der Waals surface area contributed by atoms with E-state index in [1.807, 2.05) is 33.0 Å². The van der Waals surface area contributed by atoms with Gasteiger partial charge < -0.3 is 15.7 Å². The normalized spacial score (nSPS) is 12.2. The number of hydrogen-bond donors (Lipinski definition) is 3. The molecule has 21 heavy (non-hydrogen) atoms. The van der Waals surface area contributed by atoms with Crippen molar-refractivity contribution in [1.82, 2.24) is 10.6 Å². The average molecular weight is 292 g/mol. The second-order valence-electron chi connectivity index (χ2n) is 5.50. The van der Waals surface area contributed by atoms with Crippen molar-refractivity contribution in [2.45, 2.75) is 32.7 Å². The summed E-state index contributed by atoms with van der Waals surface area (Å²) in [5, 5.41) is 14.9. The van der Waals surface area contributed by atoms with E-state index in [1.54, 1.807) is 12.1 Å². The van der Waals surface area contributed by atoms with Crippen LogP contribution in [-0.2, 0) is 11.2 Å². The van der Waals surface area contributed by atoms with Gasteiger partial charge in [0.25, 0.3) is 5.91 Å². The Kier molecular flexibility index (Phi) is 6.88. The predicted octanol–water partition coefficient (Wildman–Crippen LogP) is 1.68. The van der Waals surface area contributed by atoms with Gasteiger partial charge in [0.1, 0.15) is 6.04 Å². The summed E-state index contributed by atoms with van der Waals surface area (Å²) in [5.74, 6) is -1.12. The highest BCUT2D eigenvalue weighted by Crippen LogP contribution is 2.11. The quantitative estimate of drug-likeness (QED) is 0.681. The number of carbonyl (C=O) groups is 2. The van der Waals surface area contributed by atoms with Crippen LogP contribution in [0.3, 0.4) is 0 Å². The molecule has 1 amide bonds. The van der Waals surface area contributed by atoms with Crippen molar-refractivity contribution < 1.29 is 14.7 Å². The van der Waals surface area contributed by atoms with Crippen LogP contribution in [0.15, 0.2) is 24.3 Å². The van der Waals surface area contributed by atoms with Crippen molar-refractivity contribution in [1.29, 1.82) is 0 Å². The van der Waals surface area contributed by atoms with E-state index in [2.05, 4.69) is 10.6 Å². The van der Waals surface area contributed by atoms with Crippen LogP contribution in [0.5, 0.6) is 0 Å². The highest BCUT2D eigenvalue weighted by molar-refractivity contribution is 5.97. The van der Waals surface area contributed by atoms with Crippen molar-refractivity contribution >= 4 is 11.9 Å². The Morgan fingerprint density at radius 2 is 1.90 bits per heavy atom. The van der Waals surface area contributed by atoms with Gasteiger partial charge in [0, 0.05) is 5.56 Å². The minimum Gasteiger partial charge on any atom is -0.480 e. The molecule has 0 saturated heterocycles. The molecule has 0 aliphatic carbocycles. The molecule has 0 aliphatic heterocycles. The highest BCUT2D eigenvalue weighted by Gasteiger charge is 2.22. The molecular weight excluding hydrogens is 268 g/mol. The molecule has 0 bridgehead atoms. The van der Waals surface area contributed by atoms with E-state index in [0.717, 1.165) is 18.5 Å². The van der Waals surface area contributed by atoms with Crippen LogP contribution in [0.4, 0.5) is 0 Å². The number of carboxylic acid groups (broad SMARTS) is 1. The smallest absolute Gasteiger partial charge is 0.326 e. The lowest BCUT2D eigenvalue weighted by molar-refractivity contribution is -0.139. The van der Waals surface area contributed by atoms with Gasteiger partial charge in [-0.25, -0.2) is 4.79 Å². The van der Waals surface area contributed by atoms with E-state index in [1.165, 1.54) is 0 Å². The largest absolute Gasteiger partial charge is 0.480 e. The third-order valence-electron chi connectivity index (χ3n) is 3.22. The Balaban J connectivity index is 2.84. The number of hydrogen-bond acceptors (Lipinski definition) is 3. The Morgan fingerprint density at radius 3 is 2.48 bits per heavy atom. The molecule has 5 nitrogen and oxygen atoms in total. The molecule has 0 radical (unpaired) electrons. The summed E-state index contributed by atoms with van der Waals surface area (Å²) in [6.07, 6.45) is 1.14. The molecule has 116 valence electrons. The highest BCUT2D eigenvalue weighted by atomic mass is 16.4. The lowest BCUT2D eigenvalue weighted by Crippen LogP contribution is -2.42. The first-order chi connectivity index (χ1) is 9.95. The summed E-state index contributed by atoms with van der Waals surface area (Å²) in [7, 11) is 1.85. The summed E-state index contributed by atoms with van der Waals surface area (Å²) in [6.45, 7) is 4.63. The first kappa shape index (κ1) is 17.2. The molecule has 0 aliphatic rings. The lowest BCUT2D eigenvalue weighted by atomic mass is 10.0. The molecular formula is C16H24N2O3. The SMILES string of the molecule is CNCCc1ccccc1C(=O)N[C@@H](CC(C)C)C(=O)O. The van der Waals surface area contributed by atoms with E-state index in [9.17, 15) is 14.7 Å². The predicted molar refractivity (Wildman–Crippen MR) is 82.4 cm³/mol. The standard InChI is InChI=1S/C16H24N2O3/c1-11(2)10-14(16(20)21)18-15(19)13-7-5-4-6-12(13)8-9-17-3/h4-7,11,14,17H,8-10H2,1-3H3,(H,18,19)(H,20,21)/t14-/m0/s1. The van der Waals surface area contributed by atoms with Crippen LogP contribution in [0.2, 0.25) is 0 Å². The third kappa shape index (κ3) is 5.55. The second kappa shape index (κ2) is 8.42. The Hall–Kier alpha value is -1.88. The van der Waals surface area contributed by atoms with Crippen molar-refractivity contribution in [2.24, 2.45) is 5.92 Å². The van der Waals surface area contributed by atoms with E-state index < -0.39 is 12.0 Å². The fourth-order valence-corrected chi connectivity index (χ4v) is 2.15. The number of nitrogens with one attached hydrogen (secondary N) is 2. The fourth-order valence-electron chi connectivity index (χ4n) is 2.15. The molecule has 0 aromatic heterocycles. The Labute approximate surface area is 125 Å². The first-order valence-corrected chi connectivity index (χ1v) is 7.21. The van der Waals surface area contributed by atoms with Gasteiger partial charge in [-0.3, -0.25) is 4.79 Å². The molecule has 0 spiro atoms. The van der Waals surface area contributed by atoms with E-state index in [4.69, 9.17) is 0 Å². The van der Waals surface area contributed by atoms with Crippen molar-refractivity contribution in [3.05, 3.63) is 35.4 Å². The summed E-state index contributed by atoms with van der Waals surface area (Å²) in [5.41, 5.74) is 1.46. The van der Waals surface area contributed by atoms with Crippen molar-refractivity contribution in [2.75, 3.05) is 13.6 Å². The van der Waals surface area contributed by atoms with E-state index in [-0.39, 0.29) is 11.8 Å². The molecule has 0 heterocycles. The third-order valence-corrected chi connectivity index (χ3v) is 3.22. The van der Waals surface area contributed by atoms with Gasteiger partial charge in [0.2, 0.25) is 0 Å². The maximum Gasteiger partial charge on any atom is 0.326 e. The van der Waals surface area contributed by atoms with Crippen molar-refractivity contribution in [3.63, 3.8) is 0 Å². The van der Waals surface area contributed by atoms with Crippen LogP contribution >= 0.6 is 0 Å². The molecule has 3 N–H and O–H groups in total. The molecule has 1 aromatic carbocycles. The zero-order valence-electron chi connectivity index (χ0n) is 12.8. The maximum absolute atomic E-state index is 12.3. The molecule has 0 fully saturated rings. The summed E-state index contributed by atoms with van der Waals surface area (Å²) in [4.78, 5) is 23.6. The molecule has 0 saturated carbocycles. The van der Waals surface area contributed by atoms with Gasteiger partial charge in [-0.15, -0.1) is 0 Å². The zero-order chi connectivity index (χ0) is 15.8. The van der Waals surface area contributed by atoms with Crippen LogP contribution in [0.25, 0.3) is 0 Å². The number of amides is 1. The van der Waals surface area contributed by atoms with Gasteiger partial charge in [0.05, 0.1) is 0 Å². The summed E-state index contributed by atoms with van der Waals surface area (Å²) in [6, 6.07) is 6.44. The number of aliphatic carboxylic acids is 1. The Bertz CT molecular complexity index is 486. The van der Waals surface area contributed by atoms with Gasteiger partial charge in [-0.1, -0.05) is 32.0 Å². The van der Waals surface area contributed by atoms with Crippen molar-refractivity contribution in [3.8, 4) is 0 Å². The molecule has 0 unspecified atom stereocenters. The van der Waals surface area contributed by atoms with Gasteiger partial charge in [-0.05, 0) is 44.0 Å². The Morgan fingerprint density at radius 1 is 1.24 bits per heavy atom. The number of carbonyl (C=O) groups excluding carboxylic acids is 1. The first-order valence-electron chi connectivity index (χ1n) is 7.21. The number of benzene rings is 1. The summed E-state index contributed by atoms with van der Waals surface area (Å²) >= 11 is 0. The summed E-state index contributed by atoms with van der Waals surface area (Å²) < 4.78 is 0. The van der Waals surface area contributed by atoms with Crippen LogP contribution in [0.1, 0.15) is 36.2 Å². The van der Waals surface area contributed by atoms with Gasteiger partial charge in [-0.2, -0.15) is 0 Å². The molecule has 1 rings (SSSR count). The maximum atomic E-state index is 12.3. The minimum atomic E-state index is -0.996. The topological polar surface area (TPSA) is 78.4 Å². The lowest BCUT2D eigenvalue weighted by Gasteiger charge is -2.17. The fraction of sp³-hybridized carbons (Fsp3) is 0.500. The van der Waals surface area contributed by atoms with Crippen LogP contribution in [0, 0.1) is 5.92 Å². The number of rotatable bonds is 8. The van der Waals surface area contributed by atoms with Gasteiger partial charge >= 0.3 is 5.97 Å². The number of likely N-dealkylation sites (N-methyl/N-ethyl adjacent to an activating group) is 1. The zero-order valence-corrected chi connectivity index (χ0v) is 12.8. The monoisotopic (exact) mass is 292 g/mol. The van der Waals surface area contributed by atoms with E-state index in [0.29, 0.717) is 12.0 Å². The molecule has 1 aromatic rings. The number of carboxylic acids is 1. The van der Waals surface area contributed by atoms with Crippen LogP contribution < -0.4 is 10.6 Å². The minimum absolute atomic E-state index is 0.200. The average Bonchev–Trinajstić information content (AvgIpc) is 2.44. The second-order valence-corrected chi connectivity index (χ2v) is 5.50.